The van der Waals surface area contributed by atoms with E-state index in [0.717, 1.165) is 93.7 Å². The lowest BCUT2D eigenvalue weighted by molar-refractivity contribution is -0.159. The highest BCUT2D eigenvalue weighted by molar-refractivity contribution is 5.81. The van der Waals surface area contributed by atoms with Crippen molar-refractivity contribution in [3.63, 3.8) is 0 Å². The highest BCUT2D eigenvalue weighted by Gasteiger charge is 2.43. The number of esters is 6. The number of carbonyl (C=O) groups excluding carboxylic acids is 6. The van der Waals surface area contributed by atoms with E-state index in [1.165, 1.54) is 0 Å². The number of allylic oxidation sites excluding steroid dienone is 4. The molecule has 0 amide bonds. The van der Waals surface area contributed by atoms with Gasteiger partial charge in [0.25, 0.3) is 0 Å². The number of aryl methyl sites for hydroxylation is 1. The van der Waals surface area contributed by atoms with E-state index in [1.807, 2.05) is 104 Å². The molecular weight excluding hydrogens is 1050 g/mol. The Labute approximate surface area is 490 Å². The van der Waals surface area contributed by atoms with E-state index in [-0.39, 0.29) is 69.3 Å². The van der Waals surface area contributed by atoms with Crippen LogP contribution in [0.2, 0.25) is 0 Å². The van der Waals surface area contributed by atoms with Crippen LogP contribution in [-0.2, 0) is 63.6 Å². The van der Waals surface area contributed by atoms with Gasteiger partial charge in [-0.15, -0.1) is 0 Å². The smallest absolute Gasteiger partial charge is 0.317 e. The minimum atomic E-state index is -0.849. The van der Waals surface area contributed by atoms with Gasteiger partial charge < -0.3 is 43.1 Å². The molecule has 0 N–H and O–H groups in total. The van der Waals surface area contributed by atoms with Crippen LogP contribution in [0.15, 0.2) is 121 Å². The second kappa shape index (κ2) is 29.7. The second-order valence-corrected chi connectivity index (χ2v) is 23.7. The maximum absolute atomic E-state index is 14.0. The maximum atomic E-state index is 14.0. The molecule has 6 heterocycles. The second-order valence-electron chi connectivity index (χ2n) is 23.7. The van der Waals surface area contributed by atoms with Crippen LogP contribution in [0.3, 0.4) is 0 Å². The van der Waals surface area contributed by atoms with Crippen LogP contribution in [0.5, 0.6) is 0 Å². The number of piperidine rings is 3. The van der Waals surface area contributed by atoms with Crippen molar-refractivity contribution >= 4 is 41.9 Å². The molecule has 3 aromatic rings. The highest BCUT2D eigenvalue weighted by atomic mass is 16.6. The molecule has 6 aliphatic heterocycles. The Bertz CT molecular complexity index is 2750. The predicted molar refractivity (Wildman–Crippen MR) is 316 cm³/mol. The molecule has 6 bridgehead atoms. The minimum Gasteiger partial charge on any atom is -0.464 e. The summed E-state index contributed by atoms with van der Waals surface area (Å²) in [6, 6.07) is 26.8. The Hall–Kier alpha value is -6.68. The summed E-state index contributed by atoms with van der Waals surface area (Å²) in [7, 11) is 6.43. The zero-order valence-electron chi connectivity index (χ0n) is 48.9. The van der Waals surface area contributed by atoms with Gasteiger partial charge in [0.15, 0.2) is 0 Å². The first-order valence-corrected chi connectivity index (χ1v) is 30.4. The molecule has 444 valence electrons. The summed E-state index contributed by atoms with van der Waals surface area (Å²) in [6.45, 7) is 1.47. The average Bonchev–Trinajstić information content (AvgIpc) is 4.17. The van der Waals surface area contributed by atoms with Crippen molar-refractivity contribution in [1.29, 1.82) is 0 Å². The molecule has 83 heavy (non-hydrogen) atoms. The first-order chi connectivity index (χ1) is 40.3. The quantitative estimate of drug-likeness (QED) is 0.0322. The Kier molecular flexibility index (Phi) is 21.8. The van der Waals surface area contributed by atoms with Gasteiger partial charge in [0.05, 0.1) is 19.3 Å². The first kappa shape index (κ1) is 60.9. The molecule has 0 aromatic heterocycles. The van der Waals surface area contributed by atoms with Crippen molar-refractivity contribution < 1.29 is 57.2 Å². The lowest BCUT2D eigenvalue weighted by atomic mass is 9.96. The van der Waals surface area contributed by atoms with E-state index >= 15 is 0 Å². The van der Waals surface area contributed by atoms with Crippen LogP contribution in [0, 0.1) is 0 Å². The van der Waals surface area contributed by atoms with Gasteiger partial charge in [0.1, 0.15) is 55.9 Å². The van der Waals surface area contributed by atoms with Crippen LogP contribution in [0.25, 0.3) is 6.08 Å². The van der Waals surface area contributed by atoms with Gasteiger partial charge in [-0.2, -0.15) is 0 Å². The normalized spacial score (nSPS) is 26.3. The number of ether oxygens (including phenoxy) is 6. The minimum absolute atomic E-state index is 0.0153. The summed E-state index contributed by atoms with van der Waals surface area (Å²) in [4.78, 5) is 87.5. The van der Waals surface area contributed by atoms with E-state index in [1.54, 1.807) is 30.4 Å². The summed E-state index contributed by atoms with van der Waals surface area (Å²) >= 11 is 0. The molecule has 0 saturated carbocycles. The third-order valence-electron chi connectivity index (χ3n) is 18.4. The fourth-order valence-corrected chi connectivity index (χ4v) is 13.4. The molecule has 12 atom stereocenters. The summed E-state index contributed by atoms with van der Waals surface area (Å²) < 4.78 is 35.4. The Morgan fingerprint density at radius 2 is 0.831 bits per heavy atom. The fourth-order valence-electron chi connectivity index (χ4n) is 13.4. The molecule has 15 heteroatoms. The SMILES string of the molecule is C/C=C/C=C/CC(=O)OCC(C(=O)OC1C[C@H]2CC[C@@H](C1)N2C)c1ccc(CC/C=C/CC(=O)OCC(C(=O)OC2C[C@H]3CC[C@@H](C2)N3C)c2ccc(/C=C/CC(=O)OCC(C(=O)OC3C[C@H]4CC[C@@H](C3)N4C)c3ccccc3)cc2)cc1. The zero-order valence-corrected chi connectivity index (χ0v) is 48.9. The Morgan fingerprint density at radius 3 is 1.24 bits per heavy atom. The van der Waals surface area contributed by atoms with Crippen molar-refractivity contribution in [2.24, 2.45) is 0 Å². The fraction of sp³-hybridized carbons (Fsp3) is 0.529. The molecule has 6 saturated heterocycles. The lowest BCUT2D eigenvalue weighted by Crippen LogP contribution is -2.44. The average molecular weight is 1140 g/mol. The molecule has 15 nitrogen and oxygen atoms in total. The maximum Gasteiger partial charge on any atom is 0.317 e. The Balaban J connectivity index is 0.754. The van der Waals surface area contributed by atoms with E-state index in [9.17, 15) is 28.8 Å². The molecule has 6 fully saturated rings. The first-order valence-electron chi connectivity index (χ1n) is 30.4. The third-order valence-corrected chi connectivity index (χ3v) is 18.4. The predicted octanol–water partition coefficient (Wildman–Crippen LogP) is 10.3. The largest absolute Gasteiger partial charge is 0.464 e. The molecule has 0 aliphatic carbocycles. The number of benzene rings is 3. The number of carbonyl (C=O) groups is 6. The van der Waals surface area contributed by atoms with Crippen LogP contribution in [-0.4, -0.2) is 146 Å². The monoisotopic (exact) mass is 1140 g/mol. The van der Waals surface area contributed by atoms with Gasteiger partial charge in [0.2, 0.25) is 0 Å². The van der Waals surface area contributed by atoms with Crippen LogP contribution >= 0.6 is 0 Å². The lowest BCUT2D eigenvalue weighted by Gasteiger charge is -2.36. The van der Waals surface area contributed by atoms with E-state index in [2.05, 4.69) is 35.8 Å². The zero-order chi connectivity index (χ0) is 58.2. The van der Waals surface area contributed by atoms with Crippen LogP contribution in [0.1, 0.15) is 155 Å². The van der Waals surface area contributed by atoms with Crippen molar-refractivity contribution in [3.8, 4) is 0 Å². The number of hydrogen-bond acceptors (Lipinski definition) is 15. The summed E-state index contributed by atoms with van der Waals surface area (Å²) in [5.74, 6) is -4.90. The molecule has 6 aliphatic rings. The van der Waals surface area contributed by atoms with E-state index < -0.39 is 41.6 Å². The topological polar surface area (TPSA) is 168 Å². The van der Waals surface area contributed by atoms with Gasteiger partial charge in [0, 0.05) is 36.3 Å². The van der Waals surface area contributed by atoms with E-state index in [4.69, 9.17) is 28.4 Å². The van der Waals surface area contributed by atoms with Gasteiger partial charge in [-0.1, -0.05) is 127 Å². The van der Waals surface area contributed by atoms with Crippen molar-refractivity contribution in [2.45, 2.75) is 188 Å². The highest BCUT2D eigenvalue weighted by Crippen LogP contribution is 2.39. The number of rotatable bonds is 26. The van der Waals surface area contributed by atoms with Gasteiger partial charge in [-0.3, -0.25) is 28.8 Å². The van der Waals surface area contributed by atoms with Gasteiger partial charge >= 0.3 is 35.8 Å². The summed E-state index contributed by atoms with van der Waals surface area (Å²) in [5.41, 5.74) is 3.92. The van der Waals surface area contributed by atoms with Crippen molar-refractivity contribution in [1.82, 2.24) is 14.7 Å². The third kappa shape index (κ3) is 16.8. The standard InChI is InChI=1S/C68H85N3O12/c1-5-6-7-13-20-63(72)78-44-61(67(76)82-58-39-53-33-34-54(40-58)70(53)3)49-27-23-46(24-28-49)16-10-8-14-21-64(73)79-45-62(68(77)83-59-41-55-35-36-56(42-59)71(55)4)50-29-25-47(26-30-50)17-15-22-65(74)80-43-60(48-18-11-9-12-19-48)66(75)81-57-37-51-31-32-52(38-57)69(51)2/h5-9,11-15,17-19,23-30,51-62H,10,16,20-22,31-45H2,1-4H3/b6-5+,13-7+,14-8+,17-15+/t51-,52+,53-,54+,55-,56+,57?,58?,59?,60?,61?,62?. The van der Waals surface area contributed by atoms with Gasteiger partial charge in [-0.25, -0.2) is 0 Å². The van der Waals surface area contributed by atoms with Crippen LogP contribution in [0.4, 0.5) is 0 Å². The molecule has 3 aromatic carbocycles. The number of hydrogen-bond donors (Lipinski definition) is 0. The van der Waals surface area contributed by atoms with Gasteiger partial charge in [-0.05, 0) is 146 Å². The molecule has 6 unspecified atom stereocenters. The van der Waals surface area contributed by atoms with Crippen LogP contribution < -0.4 is 0 Å². The summed E-state index contributed by atoms with van der Waals surface area (Å²) in [6.07, 6.45) is 26.7. The Morgan fingerprint density at radius 1 is 0.458 bits per heavy atom. The van der Waals surface area contributed by atoms with E-state index in [0.29, 0.717) is 60.2 Å². The van der Waals surface area contributed by atoms with Crippen molar-refractivity contribution in [2.75, 3.05) is 41.0 Å². The number of nitrogens with zero attached hydrogens (tertiary/aromatic N) is 3. The molecular formula is C68H85N3O12. The number of fused-ring (bicyclic) bond motifs is 6. The molecule has 0 spiro atoms. The summed E-state index contributed by atoms with van der Waals surface area (Å²) in [5, 5.41) is 0. The molecule has 9 rings (SSSR count). The molecule has 0 radical (unpaired) electrons. The van der Waals surface area contributed by atoms with Crippen molar-refractivity contribution in [3.05, 3.63) is 149 Å².